The molecule has 5 heteroatoms. The number of ether oxygens (including phenoxy) is 1. The number of rotatable bonds is 4. The van der Waals surface area contributed by atoms with E-state index in [2.05, 4.69) is 25.2 Å². The van der Waals surface area contributed by atoms with Crippen LogP contribution in [0.5, 0.6) is 0 Å². The second kappa shape index (κ2) is 7.01. The maximum Gasteiger partial charge on any atom is 0.410 e. The molecule has 0 bridgehead atoms. The zero-order chi connectivity index (χ0) is 16.3. The Morgan fingerprint density at radius 2 is 2.18 bits per heavy atom. The number of aryl methyl sites for hydroxylation is 2. The third-order valence-electron chi connectivity index (χ3n) is 3.83. The highest BCUT2D eigenvalue weighted by molar-refractivity contribution is 7.12. The fraction of sp³-hybridized carbons (Fsp3) is 0.706. The molecule has 1 N–H and O–H groups in total. The fourth-order valence-electron chi connectivity index (χ4n) is 2.76. The average Bonchev–Trinajstić information content (AvgIpc) is 2.95. The second-order valence-electron chi connectivity index (χ2n) is 7.15. The first-order chi connectivity index (χ1) is 10.2. The van der Waals surface area contributed by atoms with Crippen LogP contribution >= 0.6 is 11.3 Å². The van der Waals surface area contributed by atoms with Gasteiger partial charge in [-0.15, -0.1) is 11.3 Å². The van der Waals surface area contributed by atoms with E-state index in [0.717, 1.165) is 32.6 Å². The van der Waals surface area contributed by atoms with E-state index in [-0.39, 0.29) is 6.09 Å². The summed E-state index contributed by atoms with van der Waals surface area (Å²) < 4.78 is 5.43. The van der Waals surface area contributed by atoms with Gasteiger partial charge >= 0.3 is 6.09 Å². The average molecular weight is 324 g/mol. The molecule has 4 nitrogen and oxygen atoms in total. The summed E-state index contributed by atoms with van der Waals surface area (Å²) in [6, 6.07) is 2.26. The van der Waals surface area contributed by atoms with Gasteiger partial charge in [0.05, 0.1) is 0 Å². The van der Waals surface area contributed by atoms with Gasteiger partial charge in [0.1, 0.15) is 5.60 Å². The normalized spacial score (nSPS) is 18.8. The summed E-state index contributed by atoms with van der Waals surface area (Å²) in [6.45, 7) is 13.5. The number of carbonyl (C=O) groups excluding carboxylic acids is 1. The lowest BCUT2D eigenvalue weighted by molar-refractivity contribution is 0.0288. The standard InChI is InChI=1S/C17H28N2O2S/c1-12-8-15(13(2)22-12)10-18-9-14-6-7-19(11-14)16(20)21-17(3,4)5/h8,14,18H,6-7,9-11H2,1-5H3. The molecule has 1 aliphatic rings. The number of nitrogens with zero attached hydrogens (tertiary/aromatic N) is 1. The molecule has 1 aromatic rings. The minimum Gasteiger partial charge on any atom is -0.444 e. The van der Waals surface area contributed by atoms with Crippen molar-refractivity contribution in [3.05, 3.63) is 21.4 Å². The van der Waals surface area contributed by atoms with Gasteiger partial charge in [0.25, 0.3) is 0 Å². The molecule has 0 radical (unpaired) electrons. The first-order valence-corrected chi connectivity index (χ1v) is 8.81. The number of carbonyl (C=O) groups is 1. The topological polar surface area (TPSA) is 41.6 Å². The highest BCUT2D eigenvalue weighted by atomic mass is 32.1. The van der Waals surface area contributed by atoms with Gasteiger partial charge in [-0.25, -0.2) is 4.79 Å². The summed E-state index contributed by atoms with van der Waals surface area (Å²) in [4.78, 5) is 16.6. The van der Waals surface area contributed by atoms with Crippen molar-refractivity contribution in [1.29, 1.82) is 0 Å². The van der Waals surface area contributed by atoms with E-state index in [0.29, 0.717) is 5.92 Å². The Labute approximate surface area is 137 Å². The highest BCUT2D eigenvalue weighted by Gasteiger charge is 2.29. The van der Waals surface area contributed by atoms with E-state index >= 15 is 0 Å². The molecule has 22 heavy (non-hydrogen) atoms. The maximum atomic E-state index is 12.0. The third-order valence-corrected chi connectivity index (χ3v) is 4.84. The molecule has 1 amide bonds. The lowest BCUT2D eigenvalue weighted by Gasteiger charge is -2.24. The summed E-state index contributed by atoms with van der Waals surface area (Å²) >= 11 is 1.85. The molecule has 0 aromatic carbocycles. The first kappa shape index (κ1) is 17.3. The number of hydrogen-bond acceptors (Lipinski definition) is 4. The van der Waals surface area contributed by atoms with Gasteiger partial charge in [0, 0.05) is 35.9 Å². The van der Waals surface area contributed by atoms with Gasteiger partial charge in [-0.2, -0.15) is 0 Å². The molecule has 1 fully saturated rings. The molecule has 124 valence electrons. The van der Waals surface area contributed by atoms with Crippen molar-refractivity contribution < 1.29 is 9.53 Å². The van der Waals surface area contributed by atoms with Crippen LogP contribution in [0.2, 0.25) is 0 Å². The largest absolute Gasteiger partial charge is 0.444 e. The predicted molar refractivity (Wildman–Crippen MR) is 91.4 cm³/mol. The molecule has 0 spiro atoms. The number of hydrogen-bond donors (Lipinski definition) is 1. The number of thiophene rings is 1. The molecule has 0 saturated carbocycles. The second-order valence-corrected chi connectivity index (χ2v) is 8.61. The van der Waals surface area contributed by atoms with Crippen molar-refractivity contribution in [3.8, 4) is 0 Å². The quantitative estimate of drug-likeness (QED) is 0.918. The number of nitrogens with one attached hydrogen (secondary N) is 1. The van der Waals surface area contributed by atoms with Crippen molar-refractivity contribution in [3.63, 3.8) is 0 Å². The smallest absolute Gasteiger partial charge is 0.410 e. The molecule has 2 heterocycles. The van der Waals surface area contributed by atoms with Crippen LogP contribution in [0.25, 0.3) is 0 Å². The van der Waals surface area contributed by atoms with Gasteiger partial charge in [-0.05, 0) is 58.6 Å². The fourth-order valence-corrected chi connectivity index (χ4v) is 3.71. The van der Waals surface area contributed by atoms with Gasteiger partial charge in [-0.1, -0.05) is 0 Å². The van der Waals surface area contributed by atoms with Crippen LogP contribution in [0, 0.1) is 19.8 Å². The Balaban J connectivity index is 1.72. The van der Waals surface area contributed by atoms with Crippen LogP contribution < -0.4 is 5.32 Å². The molecule has 1 saturated heterocycles. The molecule has 1 atom stereocenters. The van der Waals surface area contributed by atoms with Gasteiger partial charge in [0.15, 0.2) is 0 Å². The maximum absolute atomic E-state index is 12.0. The van der Waals surface area contributed by atoms with E-state index in [4.69, 9.17) is 4.74 Å². The Morgan fingerprint density at radius 1 is 1.45 bits per heavy atom. The highest BCUT2D eigenvalue weighted by Crippen LogP contribution is 2.21. The van der Waals surface area contributed by atoms with E-state index in [1.54, 1.807) is 0 Å². The first-order valence-electron chi connectivity index (χ1n) is 7.99. The monoisotopic (exact) mass is 324 g/mol. The summed E-state index contributed by atoms with van der Waals surface area (Å²) in [5.74, 6) is 0.521. The summed E-state index contributed by atoms with van der Waals surface area (Å²) in [5, 5.41) is 3.53. The minimum absolute atomic E-state index is 0.181. The van der Waals surface area contributed by atoms with Crippen molar-refractivity contribution >= 4 is 17.4 Å². The molecule has 1 aliphatic heterocycles. The number of likely N-dealkylation sites (tertiary alicyclic amines) is 1. The molecular weight excluding hydrogens is 296 g/mol. The van der Waals surface area contributed by atoms with E-state index in [9.17, 15) is 4.79 Å². The molecule has 0 aliphatic carbocycles. The Kier molecular flexibility index (Phi) is 5.50. The predicted octanol–water partition coefficient (Wildman–Crippen LogP) is 3.71. The Bertz CT molecular complexity index is 519. The van der Waals surface area contributed by atoms with Crippen molar-refractivity contribution in [1.82, 2.24) is 10.2 Å². The van der Waals surface area contributed by atoms with Gasteiger partial charge in [-0.3, -0.25) is 0 Å². The summed E-state index contributed by atoms with van der Waals surface area (Å²) in [6.07, 6.45) is 0.868. The van der Waals surface area contributed by atoms with Crippen LogP contribution in [0.15, 0.2) is 6.07 Å². The van der Waals surface area contributed by atoms with Gasteiger partial charge in [0.2, 0.25) is 0 Å². The SMILES string of the molecule is Cc1cc(CNCC2CCN(C(=O)OC(C)(C)C)C2)c(C)s1. The molecule has 2 rings (SSSR count). The molecular formula is C17H28N2O2S. The van der Waals surface area contributed by atoms with Gasteiger partial charge < -0.3 is 15.0 Å². The summed E-state index contributed by atoms with van der Waals surface area (Å²) in [5.41, 5.74) is 0.978. The van der Waals surface area contributed by atoms with E-state index in [1.807, 2.05) is 37.0 Å². The zero-order valence-electron chi connectivity index (χ0n) is 14.4. The zero-order valence-corrected chi connectivity index (χ0v) is 15.2. The Morgan fingerprint density at radius 3 is 2.77 bits per heavy atom. The van der Waals surface area contributed by atoms with E-state index in [1.165, 1.54) is 15.3 Å². The van der Waals surface area contributed by atoms with Crippen LogP contribution in [-0.4, -0.2) is 36.2 Å². The van der Waals surface area contributed by atoms with Crippen LogP contribution in [0.1, 0.15) is 42.5 Å². The Hall–Kier alpha value is -1.07. The lowest BCUT2D eigenvalue weighted by atomic mass is 10.1. The van der Waals surface area contributed by atoms with Crippen molar-refractivity contribution in [2.45, 2.75) is 53.2 Å². The van der Waals surface area contributed by atoms with Crippen molar-refractivity contribution in [2.75, 3.05) is 19.6 Å². The van der Waals surface area contributed by atoms with Crippen LogP contribution in [0.3, 0.4) is 0 Å². The molecule has 1 unspecified atom stereocenters. The number of amides is 1. The van der Waals surface area contributed by atoms with E-state index < -0.39 is 5.60 Å². The molecule has 1 aromatic heterocycles. The lowest BCUT2D eigenvalue weighted by Crippen LogP contribution is -2.36. The van der Waals surface area contributed by atoms with Crippen LogP contribution in [-0.2, 0) is 11.3 Å². The van der Waals surface area contributed by atoms with Crippen molar-refractivity contribution in [2.24, 2.45) is 5.92 Å². The minimum atomic E-state index is -0.415. The summed E-state index contributed by atoms with van der Waals surface area (Å²) in [7, 11) is 0. The van der Waals surface area contributed by atoms with Crippen LogP contribution in [0.4, 0.5) is 4.79 Å². The third kappa shape index (κ3) is 4.99.